The number of nitrogens with zero attached hydrogens (tertiary/aromatic N) is 1. The van der Waals surface area contributed by atoms with Gasteiger partial charge in [0.25, 0.3) is 0 Å². The number of ether oxygens (including phenoxy) is 2. The lowest BCUT2D eigenvalue weighted by Gasteiger charge is -2.31. The summed E-state index contributed by atoms with van der Waals surface area (Å²) in [5.74, 6) is 0.263. The zero-order valence-corrected chi connectivity index (χ0v) is 15.7. The van der Waals surface area contributed by atoms with Gasteiger partial charge in [-0.2, -0.15) is 0 Å². The van der Waals surface area contributed by atoms with Gasteiger partial charge in [-0.1, -0.05) is 25.7 Å². The topological polar surface area (TPSA) is 68.9 Å². The smallest absolute Gasteiger partial charge is 0.188 e. The van der Waals surface area contributed by atoms with Crippen LogP contribution in [0.1, 0.15) is 64.2 Å². The summed E-state index contributed by atoms with van der Waals surface area (Å²) in [6.45, 7) is 1.26. The van der Waals surface area contributed by atoms with Gasteiger partial charge in [0.05, 0.1) is 13.2 Å². The predicted octanol–water partition coefficient (Wildman–Crippen LogP) is 2.92. The molecule has 3 aliphatic rings. The summed E-state index contributed by atoms with van der Waals surface area (Å²) in [4.78, 5) is 4.46. The van der Waals surface area contributed by atoms with Gasteiger partial charge in [-0.15, -0.1) is 24.0 Å². The van der Waals surface area contributed by atoms with Crippen LogP contribution >= 0.6 is 24.0 Å². The third-order valence-electron chi connectivity index (χ3n) is 4.95. The Morgan fingerprint density at radius 1 is 1.09 bits per heavy atom. The molecule has 1 heterocycles. The summed E-state index contributed by atoms with van der Waals surface area (Å²) < 4.78 is 12.0. The van der Waals surface area contributed by atoms with Gasteiger partial charge in [0.15, 0.2) is 11.7 Å². The van der Waals surface area contributed by atoms with E-state index in [0.29, 0.717) is 25.2 Å². The van der Waals surface area contributed by atoms with Gasteiger partial charge in [0.1, 0.15) is 6.10 Å². The van der Waals surface area contributed by atoms with Crippen molar-refractivity contribution in [3.63, 3.8) is 0 Å². The molecule has 3 N–H and O–H groups in total. The van der Waals surface area contributed by atoms with Crippen molar-refractivity contribution in [2.24, 2.45) is 10.7 Å². The maximum atomic E-state index is 6.12. The molecule has 128 valence electrons. The van der Waals surface area contributed by atoms with E-state index in [2.05, 4.69) is 10.3 Å². The molecule has 1 spiro atoms. The highest BCUT2D eigenvalue weighted by Crippen LogP contribution is 2.37. The predicted molar refractivity (Wildman–Crippen MR) is 98.6 cm³/mol. The summed E-state index contributed by atoms with van der Waals surface area (Å²) >= 11 is 0. The van der Waals surface area contributed by atoms with E-state index in [1.807, 2.05) is 0 Å². The fourth-order valence-electron chi connectivity index (χ4n) is 3.76. The number of hydrogen-bond donors (Lipinski definition) is 2. The monoisotopic (exact) mass is 423 g/mol. The molecule has 0 amide bonds. The van der Waals surface area contributed by atoms with Crippen molar-refractivity contribution in [1.29, 1.82) is 0 Å². The van der Waals surface area contributed by atoms with E-state index in [1.165, 1.54) is 51.4 Å². The molecule has 1 saturated heterocycles. The summed E-state index contributed by atoms with van der Waals surface area (Å²) in [5.41, 5.74) is 6.00. The Bertz CT molecular complexity index is 366. The van der Waals surface area contributed by atoms with Crippen molar-refractivity contribution < 1.29 is 9.47 Å². The molecule has 0 aromatic heterocycles. The first kappa shape index (κ1) is 18.3. The number of nitrogens with one attached hydrogen (secondary N) is 1. The van der Waals surface area contributed by atoms with Crippen molar-refractivity contribution in [2.45, 2.75) is 82.1 Å². The highest BCUT2D eigenvalue weighted by molar-refractivity contribution is 14.0. The normalized spacial score (nSPS) is 29.3. The molecule has 22 heavy (non-hydrogen) atoms. The summed E-state index contributed by atoms with van der Waals surface area (Å²) in [6, 6.07) is 0.507. The highest BCUT2D eigenvalue weighted by Gasteiger charge is 2.42. The van der Waals surface area contributed by atoms with Crippen LogP contribution in [0.3, 0.4) is 0 Å². The molecule has 0 radical (unpaired) electrons. The average molecular weight is 423 g/mol. The second kappa shape index (κ2) is 8.68. The van der Waals surface area contributed by atoms with E-state index in [1.54, 1.807) is 0 Å². The van der Waals surface area contributed by atoms with Gasteiger partial charge in [-0.3, -0.25) is 4.99 Å². The molecular weight excluding hydrogens is 393 g/mol. The molecule has 1 unspecified atom stereocenters. The maximum absolute atomic E-state index is 6.12. The largest absolute Gasteiger partial charge is 0.370 e. The molecule has 2 aliphatic carbocycles. The van der Waals surface area contributed by atoms with Crippen LogP contribution in [-0.2, 0) is 9.47 Å². The Hall–Kier alpha value is -0.0800. The SMILES string of the molecule is I.NC(=NCC1COC2(CCCCC2)O1)NC1CCCCC1. The Kier molecular flexibility index (Phi) is 7.21. The van der Waals surface area contributed by atoms with Crippen LogP contribution in [0.25, 0.3) is 0 Å². The van der Waals surface area contributed by atoms with Crippen molar-refractivity contribution in [2.75, 3.05) is 13.2 Å². The fourth-order valence-corrected chi connectivity index (χ4v) is 3.76. The van der Waals surface area contributed by atoms with Crippen molar-refractivity contribution >= 4 is 29.9 Å². The van der Waals surface area contributed by atoms with E-state index >= 15 is 0 Å². The summed E-state index contributed by atoms with van der Waals surface area (Å²) in [6.07, 6.45) is 12.2. The second-order valence-electron chi connectivity index (χ2n) is 6.73. The van der Waals surface area contributed by atoms with Crippen LogP contribution in [0.4, 0.5) is 0 Å². The molecule has 0 aromatic carbocycles. The average Bonchev–Trinajstić information content (AvgIpc) is 2.90. The zero-order valence-electron chi connectivity index (χ0n) is 13.4. The van der Waals surface area contributed by atoms with E-state index in [9.17, 15) is 0 Å². The van der Waals surface area contributed by atoms with Crippen molar-refractivity contribution in [1.82, 2.24) is 5.32 Å². The van der Waals surface area contributed by atoms with Crippen molar-refractivity contribution in [3.8, 4) is 0 Å². The van der Waals surface area contributed by atoms with E-state index < -0.39 is 0 Å². The van der Waals surface area contributed by atoms with Gasteiger partial charge in [-0.25, -0.2) is 0 Å². The minimum Gasteiger partial charge on any atom is -0.370 e. The first-order valence-corrected chi connectivity index (χ1v) is 8.64. The van der Waals surface area contributed by atoms with Crippen LogP contribution < -0.4 is 11.1 Å². The number of halogens is 1. The lowest BCUT2D eigenvalue weighted by molar-refractivity contribution is -0.186. The minimum absolute atomic E-state index is 0. The molecular formula is C16H30IN3O2. The van der Waals surface area contributed by atoms with E-state index in [-0.39, 0.29) is 35.9 Å². The van der Waals surface area contributed by atoms with Gasteiger partial charge < -0.3 is 20.5 Å². The Labute approximate surface area is 150 Å². The summed E-state index contributed by atoms with van der Waals surface area (Å²) in [5, 5.41) is 3.35. The van der Waals surface area contributed by atoms with Crippen LogP contribution in [0.15, 0.2) is 4.99 Å². The first-order valence-electron chi connectivity index (χ1n) is 8.64. The van der Waals surface area contributed by atoms with Crippen LogP contribution in [-0.4, -0.2) is 37.0 Å². The quantitative estimate of drug-likeness (QED) is 0.416. The second-order valence-corrected chi connectivity index (χ2v) is 6.73. The zero-order chi connectivity index (χ0) is 14.5. The molecule has 5 nitrogen and oxygen atoms in total. The van der Waals surface area contributed by atoms with Gasteiger partial charge in [0.2, 0.25) is 0 Å². The molecule has 3 rings (SSSR count). The summed E-state index contributed by atoms with van der Waals surface area (Å²) in [7, 11) is 0. The maximum Gasteiger partial charge on any atom is 0.188 e. The fraction of sp³-hybridized carbons (Fsp3) is 0.938. The third kappa shape index (κ3) is 4.96. The number of aliphatic imine (C=N–C) groups is 1. The van der Waals surface area contributed by atoms with Gasteiger partial charge in [-0.05, 0) is 25.7 Å². The van der Waals surface area contributed by atoms with Crippen LogP contribution in [0.5, 0.6) is 0 Å². The lowest BCUT2D eigenvalue weighted by Crippen LogP contribution is -2.41. The molecule has 1 aliphatic heterocycles. The molecule has 3 fully saturated rings. The molecule has 6 heteroatoms. The number of rotatable bonds is 3. The van der Waals surface area contributed by atoms with E-state index in [4.69, 9.17) is 15.2 Å². The lowest BCUT2D eigenvalue weighted by atomic mass is 9.94. The molecule has 2 saturated carbocycles. The highest BCUT2D eigenvalue weighted by atomic mass is 127. The minimum atomic E-state index is -0.302. The molecule has 0 aromatic rings. The number of hydrogen-bond acceptors (Lipinski definition) is 3. The Morgan fingerprint density at radius 3 is 2.50 bits per heavy atom. The Morgan fingerprint density at radius 2 is 1.77 bits per heavy atom. The van der Waals surface area contributed by atoms with Crippen LogP contribution in [0, 0.1) is 0 Å². The first-order chi connectivity index (χ1) is 10.3. The third-order valence-corrected chi connectivity index (χ3v) is 4.95. The Balaban J connectivity index is 0.00000176. The van der Waals surface area contributed by atoms with Crippen LogP contribution in [0.2, 0.25) is 0 Å². The molecule has 1 atom stereocenters. The molecule has 0 bridgehead atoms. The number of nitrogens with two attached hydrogens (primary N) is 1. The number of guanidine groups is 1. The standard InChI is InChI=1S/C16H29N3O2.HI/c17-15(19-13-7-3-1-4-8-13)18-11-14-12-20-16(21-14)9-5-2-6-10-16;/h13-14H,1-12H2,(H3,17,18,19);1H. The van der Waals surface area contributed by atoms with Gasteiger partial charge >= 0.3 is 0 Å². The van der Waals surface area contributed by atoms with E-state index in [0.717, 1.165) is 12.8 Å². The van der Waals surface area contributed by atoms with Crippen molar-refractivity contribution in [3.05, 3.63) is 0 Å². The van der Waals surface area contributed by atoms with Gasteiger partial charge in [0, 0.05) is 18.9 Å².